The number of rotatable bonds is 7. The van der Waals surface area contributed by atoms with Crippen molar-refractivity contribution in [2.75, 3.05) is 19.0 Å². The van der Waals surface area contributed by atoms with Crippen LogP contribution in [-0.2, 0) is 9.53 Å². The summed E-state index contributed by atoms with van der Waals surface area (Å²) in [6.45, 7) is 4.28. The van der Waals surface area contributed by atoms with E-state index in [1.165, 1.54) is 7.11 Å². The van der Waals surface area contributed by atoms with Gasteiger partial charge in [0.05, 0.1) is 7.11 Å². The molecule has 0 saturated carbocycles. The van der Waals surface area contributed by atoms with Gasteiger partial charge in [0.15, 0.2) is 0 Å². The largest absolute Gasteiger partial charge is 0.481 e. The molecule has 2 N–H and O–H groups in total. The Morgan fingerprint density at radius 3 is 2.75 bits per heavy atom. The average molecular weight is 281 g/mol. The van der Waals surface area contributed by atoms with Crippen LogP contribution in [0.15, 0.2) is 6.07 Å². The zero-order valence-electron chi connectivity index (χ0n) is 11.8. The second-order valence-electron chi connectivity index (χ2n) is 4.63. The van der Waals surface area contributed by atoms with Gasteiger partial charge >= 0.3 is 11.9 Å². The van der Waals surface area contributed by atoms with Crippen LogP contribution in [0, 0.1) is 12.8 Å². The van der Waals surface area contributed by atoms with Crippen molar-refractivity contribution in [3.8, 4) is 0 Å². The number of carbonyl (C=O) groups excluding carboxylic acids is 1. The van der Waals surface area contributed by atoms with Crippen molar-refractivity contribution < 1.29 is 19.4 Å². The highest BCUT2D eigenvalue weighted by molar-refractivity contribution is 5.85. The lowest BCUT2D eigenvalue weighted by molar-refractivity contribution is -0.137. The third-order valence-electron chi connectivity index (χ3n) is 2.70. The van der Waals surface area contributed by atoms with Gasteiger partial charge in [-0.2, -0.15) is 0 Å². The molecule has 1 aromatic heterocycles. The smallest absolute Gasteiger partial charge is 0.376 e. The van der Waals surface area contributed by atoms with Crippen molar-refractivity contribution in [1.29, 1.82) is 0 Å². The number of aromatic nitrogens is 2. The van der Waals surface area contributed by atoms with E-state index in [1.54, 1.807) is 13.0 Å². The van der Waals surface area contributed by atoms with Crippen LogP contribution in [0.1, 0.15) is 36.1 Å². The molecule has 1 heterocycles. The number of esters is 1. The fourth-order valence-corrected chi connectivity index (χ4v) is 1.59. The SMILES string of the molecule is COC(=O)c1nc(C)cc(NCC(C)CCC(=O)O)n1. The highest BCUT2D eigenvalue weighted by Gasteiger charge is 2.12. The van der Waals surface area contributed by atoms with E-state index in [0.29, 0.717) is 24.5 Å². The summed E-state index contributed by atoms with van der Waals surface area (Å²) < 4.78 is 4.58. The number of nitrogens with one attached hydrogen (secondary N) is 1. The zero-order valence-corrected chi connectivity index (χ0v) is 11.8. The van der Waals surface area contributed by atoms with Crippen LogP contribution >= 0.6 is 0 Å². The summed E-state index contributed by atoms with van der Waals surface area (Å²) >= 11 is 0. The lowest BCUT2D eigenvalue weighted by Crippen LogP contribution is -2.16. The second-order valence-corrected chi connectivity index (χ2v) is 4.63. The number of carbonyl (C=O) groups is 2. The lowest BCUT2D eigenvalue weighted by Gasteiger charge is -2.12. The quantitative estimate of drug-likeness (QED) is 0.730. The molecule has 0 bridgehead atoms. The fourth-order valence-electron chi connectivity index (χ4n) is 1.59. The molecule has 110 valence electrons. The Hall–Kier alpha value is -2.18. The first-order valence-electron chi connectivity index (χ1n) is 6.32. The van der Waals surface area contributed by atoms with Crippen LogP contribution in [0.4, 0.5) is 5.82 Å². The van der Waals surface area contributed by atoms with Gasteiger partial charge in [-0.3, -0.25) is 4.79 Å². The summed E-state index contributed by atoms with van der Waals surface area (Å²) in [5.41, 5.74) is 0.654. The van der Waals surface area contributed by atoms with Gasteiger partial charge in [0.2, 0.25) is 5.82 Å². The number of aliphatic carboxylic acids is 1. The van der Waals surface area contributed by atoms with Crippen molar-refractivity contribution >= 4 is 17.8 Å². The van der Waals surface area contributed by atoms with Crippen LogP contribution in [0.25, 0.3) is 0 Å². The van der Waals surface area contributed by atoms with E-state index in [9.17, 15) is 9.59 Å². The van der Waals surface area contributed by atoms with E-state index in [1.807, 2.05) is 6.92 Å². The molecule has 20 heavy (non-hydrogen) atoms. The summed E-state index contributed by atoms with van der Waals surface area (Å²) in [5, 5.41) is 11.7. The first-order chi connectivity index (χ1) is 9.42. The van der Waals surface area contributed by atoms with E-state index in [2.05, 4.69) is 20.0 Å². The standard InChI is InChI=1S/C13H19N3O4/c1-8(4-5-11(17)18)7-14-10-6-9(2)15-12(16-10)13(19)20-3/h6,8H,4-5,7H2,1-3H3,(H,17,18)(H,14,15,16). The molecular formula is C13H19N3O4. The van der Waals surface area contributed by atoms with Gasteiger partial charge in [0.25, 0.3) is 0 Å². The number of carboxylic acid groups (broad SMARTS) is 1. The normalized spacial score (nSPS) is 11.8. The molecular weight excluding hydrogens is 262 g/mol. The maximum absolute atomic E-state index is 11.4. The van der Waals surface area contributed by atoms with E-state index < -0.39 is 11.9 Å². The van der Waals surface area contributed by atoms with Crippen LogP contribution in [0.2, 0.25) is 0 Å². The summed E-state index contributed by atoms with van der Waals surface area (Å²) in [7, 11) is 1.27. The van der Waals surface area contributed by atoms with E-state index in [4.69, 9.17) is 5.11 Å². The Balaban J connectivity index is 2.61. The summed E-state index contributed by atoms with van der Waals surface area (Å²) in [4.78, 5) is 29.9. The van der Waals surface area contributed by atoms with Crippen molar-refractivity contribution in [3.05, 3.63) is 17.6 Å². The molecule has 0 saturated heterocycles. The topological polar surface area (TPSA) is 101 Å². The minimum Gasteiger partial charge on any atom is -0.481 e. The molecule has 0 aliphatic rings. The summed E-state index contributed by atoms with van der Waals surface area (Å²) in [5.74, 6) is -0.672. The third-order valence-corrected chi connectivity index (χ3v) is 2.70. The first-order valence-corrected chi connectivity index (χ1v) is 6.32. The third kappa shape index (κ3) is 5.21. The lowest BCUT2D eigenvalue weighted by atomic mass is 10.1. The molecule has 7 nitrogen and oxygen atoms in total. The van der Waals surface area contributed by atoms with Gasteiger partial charge in [0, 0.05) is 24.7 Å². The molecule has 1 unspecified atom stereocenters. The number of ether oxygens (including phenoxy) is 1. The van der Waals surface area contributed by atoms with Crippen LogP contribution in [0.3, 0.4) is 0 Å². The predicted octanol–water partition coefficient (Wildman–Crippen LogP) is 1.48. The molecule has 0 spiro atoms. The number of methoxy groups -OCH3 is 1. The highest BCUT2D eigenvalue weighted by atomic mass is 16.5. The first kappa shape index (κ1) is 15.9. The molecule has 1 aromatic rings. The van der Waals surface area contributed by atoms with Crippen molar-refractivity contribution in [1.82, 2.24) is 9.97 Å². The van der Waals surface area contributed by atoms with Gasteiger partial charge < -0.3 is 15.2 Å². The van der Waals surface area contributed by atoms with Gasteiger partial charge in [-0.25, -0.2) is 14.8 Å². The number of hydrogen-bond donors (Lipinski definition) is 2. The van der Waals surface area contributed by atoms with Crippen molar-refractivity contribution in [3.63, 3.8) is 0 Å². The molecule has 0 fully saturated rings. The molecule has 0 aromatic carbocycles. The van der Waals surface area contributed by atoms with E-state index in [-0.39, 0.29) is 18.2 Å². The molecule has 0 aliphatic carbocycles. The molecule has 0 amide bonds. The molecule has 0 aliphatic heterocycles. The minimum atomic E-state index is -0.803. The van der Waals surface area contributed by atoms with Crippen LogP contribution in [-0.4, -0.2) is 40.7 Å². The van der Waals surface area contributed by atoms with Crippen LogP contribution < -0.4 is 5.32 Å². The Labute approximate surface area is 117 Å². The zero-order chi connectivity index (χ0) is 15.1. The van der Waals surface area contributed by atoms with Gasteiger partial charge in [0.1, 0.15) is 5.82 Å². The second kappa shape index (κ2) is 7.42. The molecule has 7 heteroatoms. The van der Waals surface area contributed by atoms with Crippen molar-refractivity contribution in [2.24, 2.45) is 5.92 Å². The van der Waals surface area contributed by atoms with Crippen LogP contribution in [0.5, 0.6) is 0 Å². The average Bonchev–Trinajstić information content (AvgIpc) is 2.41. The Morgan fingerprint density at radius 1 is 1.45 bits per heavy atom. The minimum absolute atomic E-state index is 0.00758. The Morgan fingerprint density at radius 2 is 2.15 bits per heavy atom. The van der Waals surface area contributed by atoms with E-state index in [0.717, 1.165) is 0 Å². The Kier molecular flexibility index (Phi) is 5.89. The van der Waals surface area contributed by atoms with Gasteiger partial charge in [-0.15, -0.1) is 0 Å². The van der Waals surface area contributed by atoms with Gasteiger partial charge in [-0.05, 0) is 19.3 Å². The number of carboxylic acids is 1. The fraction of sp³-hybridized carbons (Fsp3) is 0.538. The van der Waals surface area contributed by atoms with E-state index >= 15 is 0 Å². The Bertz CT molecular complexity index is 491. The predicted molar refractivity (Wildman–Crippen MR) is 72.6 cm³/mol. The highest BCUT2D eigenvalue weighted by Crippen LogP contribution is 2.10. The number of nitrogens with zero attached hydrogens (tertiary/aromatic N) is 2. The number of hydrogen-bond acceptors (Lipinski definition) is 6. The molecule has 1 rings (SSSR count). The van der Waals surface area contributed by atoms with Gasteiger partial charge in [-0.1, -0.05) is 6.92 Å². The summed E-state index contributed by atoms with van der Waals surface area (Å²) in [6, 6.07) is 1.72. The number of aryl methyl sites for hydroxylation is 1. The van der Waals surface area contributed by atoms with Crippen molar-refractivity contribution in [2.45, 2.75) is 26.7 Å². The maximum Gasteiger partial charge on any atom is 0.376 e. The monoisotopic (exact) mass is 281 g/mol. The summed E-state index contributed by atoms with van der Waals surface area (Å²) in [6.07, 6.45) is 0.718. The molecule has 1 atom stereocenters. The number of anilines is 1. The maximum atomic E-state index is 11.4. The molecule has 0 radical (unpaired) electrons.